The van der Waals surface area contributed by atoms with E-state index < -0.39 is 18.5 Å². The third-order valence-electron chi connectivity index (χ3n) is 3.58. The van der Waals surface area contributed by atoms with Crippen molar-refractivity contribution < 1.29 is 28.6 Å². The summed E-state index contributed by atoms with van der Waals surface area (Å²) in [5, 5.41) is 2.61. The van der Waals surface area contributed by atoms with Crippen LogP contribution in [0.1, 0.15) is 26.3 Å². The number of hydrogen-bond donors (Lipinski definition) is 1. The Morgan fingerprint density at radius 3 is 2.31 bits per heavy atom. The second kappa shape index (κ2) is 8.66. The van der Waals surface area contributed by atoms with Crippen molar-refractivity contribution in [3.8, 4) is 11.5 Å². The molecule has 0 radical (unpaired) electrons. The van der Waals surface area contributed by atoms with Crippen LogP contribution < -0.4 is 14.8 Å². The van der Waals surface area contributed by atoms with Gasteiger partial charge in [-0.3, -0.25) is 9.59 Å². The fourth-order valence-electron chi connectivity index (χ4n) is 2.29. The SMILES string of the molecule is COc1ccc(C=O)c(C(=O)OCC(=O)Nc2ccc(C)cc2)c1OC. The third-order valence-corrected chi connectivity index (χ3v) is 3.58. The van der Waals surface area contributed by atoms with E-state index in [9.17, 15) is 14.4 Å². The highest BCUT2D eigenvalue weighted by Gasteiger charge is 2.23. The number of aryl methyl sites for hydroxylation is 1. The molecule has 0 aliphatic heterocycles. The standard InChI is InChI=1S/C19H19NO6/c1-12-4-7-14(8-5-12)20-16(22)11-26-19(23)17-13(10-21)6-9-15(24-2)18(17)25-3/h4-10H,11H2,1-3H3,(H,20,22). The van der Waals surface area contributed by atoms with Crippen LogP contribution in [0.15, 0.2) is 36.4 Å². The van der Waals surface area contributed by atoms with E-state index in [1.807, 2.05) is 19.1 Å². The zero-order valence-corrected chi connectivity index (χ0v) is 14.7. The third kappa shape index (κ3) is 4.38. The number of ether oxygens (including phenoxy) is 3. The Hall–Kier alpha value is -3.35. The molecule has 7 heteroatoms. The van der Waals surface area contributed by atoms with Crippen LogP contribution in [0.3, 0.4) is 0 Å². The first-order valence-electron chi connectivity index (χ1n) is 7.74. The van der Waals surface area contributed by atoms with Crippen LogP contribution in [-0.2, 0) is 9.53 Å². The van der Waals surface area contributed by atoms with Crippen molar-refractivity contribution in [3.05, 3.63) is 53.1 Å². The van der Waals surface area contributed by atoms with Crippen molar-refractivity contribution in [1.29, 1.82) is 0 Å². The smallest absolute Gasteiger partial charge is 0.343 e. The molecule has 2 aromatic carbocycles. The Labute approximate surface area is 150 Å². The van der Waals surface area contributed by atoms with E-state index >= 15 is 0 Å². The summed E-state index contributed by atoms with van der Waals surface area (Å²) in [6.45, 7) is 1.42. The van der Waals surface area contributed by atoms with Gasteiger partial charge >= 0.3 is 5.97 Å². The molecule has 0 saturated heterocycles. The number of hydrogen-bond acceptors (Lipinski definition) is 6. The van der Waals surface area contributed by atoms with Gasteiger partial charge in [-0.2, -0.15) is 0 Å². The van der Waals surface area contributed by atoms with E-state index in [4.69, 9.17) is 14.2 Å². The van der Waals surface area contributed by atoms with Crippen LogP contribution in [0.25, 0.3) is 0 Å². The van der Waals surface area contributed by atoms with Crippen LogP contribution in [-0.4, -0.2) is 39.0 Å². The Morgan fingerprint density at radius 2 is 1.73 bits per heavy atom. The predicted molar refractivity (Wildman–Crippen MR) is 95.0 cm³/mol. The van der Waals surface area contributed by atoms with Crippen molar-refractivity contribution in [2.24, 2.45) is 0 Å². The van der Waals surface area contributed by atoms with E-state index in [1.165, 1.54) is 26.4 Å². The van der Waals surface area contributed by atoms with Gasteiger partial charge in [-0.25, -0.2) is 4.79 Å². The van der Waals surface area contributed by atoms with Crippen molar-refractivity contribution in [3.63, 3.8) is 0 Å². The monoisotopic (exact) mass is 357 g/mol. The Morgan fingerprint density at radius 1 is 1.04 bits per heavy atom. The summed E-state index contributed by atoms with van der Waals surface area (Å²) in [6.07, 6.45) is 0.505. The van der Waals surface area contributed by atoms with Crippen LogP contribution in [0, 0.1) is 6.92 Å². The first kappa shape index (κ1) is 19.0. The number of anilines is 1. The minimum absolute atomic E-state index is 0.0704. The summed E-state index contributed by atoms with van der Waals surface area (Å²) >= 11 is 0. The average Bonchev–Trinajstić information content (AvgIpc) is 2.66. The molecule has 1 N–H and O–H groups in total. The zero-order chi connectivity index (χ0) is 19.1. The maximum Gasteiger partial charge on any atom is 0.343 e. The molecule has 0 aliphatic carbocycles. The highest BCUT2D eigenvalue weighted by Crippen LogP contribution is 2.33. The zero-order valence-electron chi connectivity index (χ0n) is 14.7. The molecule has 0 saturated carbocycles. The molecule has 0 aromatic heterocycles. The molecule has 1 amide bonds. The van der Waals surface area contributed by atoms with Crippen LogP contribution in [0.4, 0.5) is 5.69 Å². The van der Waals surface area contributed by atoms with Gasteiger partial charge < -0.3 is 19.5 Å². The summed E-state index contributed by atoms with van der Waals surface area (Å²) in [7, 11) is 2.75. The summed E-state index contributed by atoms with van der Waals surface area (Å²) < 4.78 is 15.3. The van der Waals surface area contributed by atoms with E-state index in [0.717, 1.165) is 5.56 Å². The number of nitrogens with one attached hydrogen (secondary N) is 1. The highest BCUT2D eigenvalue weighted by molar-refractivity contribution is 6.03. The normalized spacial score (nSPS) is 9.96. The van der Waals surface area contributed by atoms with E-state index in [-0.39, 0.29) is 22.6 Å². The lowest BCUT2D eigenvalue weighted by molar-refractivity contribution is -0.119. The Balaban J connectivity index is 2.10. The maximum atomic E-state index is 12.4. The van der Waals surface area contributed by atoms with Crippen molar-refractivity contribution in [2.45, 2.75) is 6.92 Å². The molecule has 0 fully saturated rings. The predicted octanol–water partition coefficient (Wildman–Crippen LogP) is 2.62. The number of methoxy groups -OCH3 is 2. The van der Waals surface area contributed by atoms with Gasteiger partial charge in [0.25, 0.3) is 5.91 Å². The number of aldehydes is 1. The van der Waals surface area contributed by atoms with E-state index in [0.29, 0.717) is 12.0 Å². The average molecular weight is 357 g/mol. The van der Waals surface area contributed by atoms with E-state index in [2.05, 4.69) is 5.32 Å². The number of benzene rings is 2. The van der Waals surface area contributed by atoms with Gasteiger partial charge in [0, 0.05) is 11.3 Å². The molecule has 0 bridgehead atoms. The first-order chi connectivity index (χ1) is 12.5. The molecule has 2 aromatic rings. The number of rotatable bonds is 7. The van der Waals surface area contributed by atoms with Gasteiger partial charge in [0.15, 0.2) is 24.4 Å². The lowest BCUT2D eigenvalue weighted by Gasteiger charge is -2.14. The van der Waals surface area contributed by atoms with Crippen LogP contribution in [0.2, 0.25) is 0 Å². The summed E-state index contributed by atoms with van der Waals surface area (Å²) in [4.78, 5) is 35.6. The lowest BCUT2D eigenvalue weighted by atomic mass is 10.1. The minimum atomic E-state index is -0.859. The maximum absolute atomic E-state index is 12.4. The van der Waals surface area contributed by atoms with Gasteiger partial charge in [0.05, 0.1) is 14.2 Å². The summed E-state index contributed by atoms with van der Waals surface area (Å²) in [6, 6.07) is 10.1. The Bertz CT molecular complexity index is 814. The number of carbonyl (C=O) groups is 3. The van der Waals surface area contributed by atoms with Gasteiger partial charge in [-0.15, -0.1) is 0 Å². The van der Waals surface area contributed by atoms with Gasteiger partial charge in [-0.05, 0) is 31.2 Å². The molecular weight excluding hydrogens is 338 g/mol. The largest absolute Gasteiger partial charge is 0.493 e. The van der Waals surface area contributed by atoms with Gasteiger partial charge in [-0.1, -0.05) is 17.7 Å². The fraction of sp³-hybridized carbons (Fsp3) is 0.211. The van der Waals surface area contributed by atoms with E-state index in [1.54, 1.807) is 12.1 Å². The Kier molecular flexibility index (Phi) is 6.32. The number of carbonyl (C=O) groups excluding carboxylic acids is 3. The second-order valence-corrected chi connectivity index (χ2v) is 5.37. The molecule has 0 spiro atoms. The van der Waals surface area contributed by atoms with Crippen molar-refractivity contribution in [2.75, 3.05) is 26.1 Å². The van der Waals surface area contributed by atoms with Crippen molar-refractivity contribution >= 4 is 23.9 Å². The fourth-order valence-corrected chi connectivity index (χ4v) is 2.29. The molecule has 0 aliphatic rings. The molecule has 0 atom stereocenters. The molecular formula is C19H19NO6. The van der Waals surface area contributed by atoms with Gasteiger partial charge in [0.1, 0.15) is 5.56 Å². The molecule has 0 heterocycles. The van der Waals surface area contributed by atoms with Crippen molar-refractivity contribution in [1.82, 2.24) is 0 Å². The topological polar surface area (TPSA) is 90.9 Å². The number of esters is 1. The molecule has 7 nitrogen and oxygen atoms in total. The second-order valence-electron chi connectivity index (χ2n) is 5.37. The molecule has 2 rings (SSSR count). The lowest BCUT2D eigenvalue weighted by Crippen LogP contribution is -2.21. The highest BCUT2D eigenvalue weighted by atomic mass is 16.5. The summed E-state index contributed by atoms with van der Waals surface area (Å²) in [5.74, 6) is -1.02. The van der Waals surface area contributed by atoms with Crippen LogP contribution >= 0.6 is 0 Å². The number of amides is 1. The molecule has 136 valence electrons. The van der Waals surface area contributed by atoms with Gasteiger partial charge in [0.2, 0.25) is 0 Å². The molecule has 26 heavy (non-hydrogen) atoms. The molecule has 0 unspecified atom stereocenters. The van der Waals surface area contributed by atoms with Crippen LogP contribution in [0.5, 0.6) is 11.5 Å². The minimum Gasteiger partial charge on any atom is -0.493 e. The first-order valence-corrected chi connectivity index (χ1v) is 7.74. The summed E-state index contributed by atoms with van der Waals surface area (Å²) in [5.41, 5.74) is 1.63. The quantitative estimate of drug-likeness (QED) is 0.605.